The predicted molar refractivity (Wildman–Crippen MR) is 68.1 cm³/mol. The van der Waals surface area contributed by atoms with Crippen molar-refractivity contribution in [2.75, 3.05) is 6.61 Å². The standard InChI is InChI=1S/C15H24O/c1-10-4-6-13-11(2)5-7-14(12(3)9-16)15(13)8-10/h8,11,13-16H,3-7,9H2,1-2H3/t11-,13+,14?,15+/m1/s1. The van der Waals surface area contributed by atoms with Crippen LogP contribution in [0.2, 0.25) is 0 Å². The topological polar surface area (TPSA) is 20.2 Å². The Morgan fingerprint density at radius 2 is 2.19 bits per heavy atom. The fourth-order valence-corrected chi connectivity index (χ4v) is 3.64. The molecule has 0 aromatic carbocycles. The van der Waals surface area contributed by atoms with Gasteiger partial charge in [0.05, 0.1) is 6.61 Å². The summed E-state index contributed by atoms with van der Waals surface area (Å²) in [6, 6.07) is 0. The van der Waals surface area contributed by atoms with Gasteiger partial charge in [0.1, 0.15) is 0 Å². The van der Waals surface area contributed by atoms with Gasteiger partial charge < -0.3 is 5.11 Å². The third-order valence-corrected chi connectivity index (χ3v) is 4.70. The first kappa shape index (κ1) is 11.9. The maximum atomic E-state index is 9.29. The van der Waals surface area contributed by atoms with Crippen molar-refractivity contribution in [1.29, 1.82) is 0 Å². The summed E-state index contributed by atoms with van der Waals surface area (Å²) in [4.78, 5) is 0. The first-order valence-electron chi connectivity index (χ1n) is 6.59. The smallest absolute Gasteiger partial charge is 0.0642 e. The number of hydrogen-bond donors (Lipinski definition) is 1. The second-order valence-electron chi connectivity index (χ2n) is 5.77. The summed E-state index contributed by atoms with van der Waals surface area (Å²) in [6.07, 6.45) is 7.59. The normalized spacial score (nSPS) is 38.8. The van der Waals surface area contributed by atoms with E-state index in [-0.39, 0.29) is 6.61 Å². The highest BCUT2D eigenvalue weighted by atomic mass is 16.3. The molecule has 4 atom stereocenters. The Balaban J connectivity index is 2.22. The molecule has 1 heteroatoms. The van der Waals surface area contributed by atoms with Gasteiger partial charge in [-0.25, -0.2) is 0 Å². The number of aliphatic hydroxyl groups excluding tert-OH is 1. The Kier molecular flexibility index (Phi) is 3.53. The molecule has 1 saturated carbocycles. The molecule has 1 N–H and O–H groups in total. The van der Waals surface area contributed by atoms with E-state index in [1.165, 1.54) is 31.3 Å². The lowest BCUT2D eigenvalue weighted by molar-refractivity contribution is 0.127. The average Bonchev–Trinajstić information content (AvgIpc) is 2.28. The van der Waals surface area contributed by atoms with E-state index in [0.29, 0.717) is 11.8 Å². The molecule has 2 aliphatic rings. The van der Waals surface area contributed by atoms with Crippen molar-refractivity contribution in [3.8, 4) is 0 Å². The highest BCUT2D eigenvalue weighted by Crippen LogP contribution is 2.47. The van der Waals surface area contributed by atoms with E-state index in [0.717, 1.165) is 17.4 Å². The minimum absolute atomic E-state index is 0.162. The van der Waals surface area contributed by atoms with Gasteiger partial charge in [-0.1, -0.05) is 25.2 Å². The minimum atomic E-state index is 0.162. The summed E-state index contributed by atoms with van der Waals surface area (Å²) in [5.41, 5.74) is 2.58. The van der Waals surface area contributed by atoms with Gasteiger partial charge in [0, 0.05) is 0 Å². The number of fused-ring (bicyclic) bond motifs is 1. The molecule has 2 aliphatic carbocycles. The molecule has 0 amide bonds. The molecule has 0 aliphatic heterocycles. The van der Waals surface area contributed by atoms with Gasteiger partial charge in [-0.15, -0.1) is 0 Å². The summed E-state index contributed by atoms with van der Waals surface area (Å²) in [7, 11) is 0. The van der Waals surface area contributed by atoms with E-state index in [2.05, 4.69) is 26.5 Å². The van der Waals surface area contributed by atoms with Crippen LogP contribution < -0.4 is 0 Å². The molecule has 0 bridgehead atoms. The van der Waals surface area contributed by atoms with Crippen LogP contribution in [-0.2, 0) is 0 Å². The van der Waals surface area contributed by atoms with Crippen molar-refractivity contribution in [1.82, 2.24) is 0 Å². The Bertz CT molecular complexity index is 303. The van der Waals surface area contributed by atoms with Crippen molar-refractivity contribution in [2.45, 2.75) is 39.5 Å². The van der Waals surface area contributed by atoms with Crippen molar-refractivity contribution < 1.29 is 5.11 Å². The second kappa shape index (κ2) is 4.75. The molecule has 0 saturated heterocycles. The summed E-state index contributed by atoms with van der Waals surface area (Å²) in [5.74, 6) is 2.85. The van der Waals surface area contributed by atoms with E-state index in [9.17, 15) is 5.11 Å². The van der Waals surface area contributed by atoms with Gasteiger partial charge in [0.15, 0.2) is 0 Å². The van der Waals surface area contributed by atoms with Crippen LogP contribution in [0.25, 0.3) is 0 Å². The quantitative estimate of drug-likeness (QED) is 0.706. The molecule has 0 radical (unpaired) electrons. The van der Waals surface area contributed by atoms with Gasteiger partial charge in [-0.2, -0.15) is 0 Å². The number of hydrogen-bond acceptors (Lipinski definition) is 1. The van der Waals surface area contributed by atoms with Gasteiger partial charge in [-0.05, 0) is 61.9 Å². The summed E-state index contributed by atoms with van der Waals surface area (Å²) >= 11 is 0. The maximum Gasteiger partial charge on any atom is 0.0642 e. The molecular formula is C15H24O. The van der Waals surface area contributed by atoms with Crippen molar-refractivity contribution in [2.24, 2.45) is 23.7 Å². The molecule has 1 nitrogen and oxygen atoms in total. The van der Waals surface area contributed by atoms with Crippen LogP contribution in [0.15, 0.2) is 23.8 Å². The fourth-order valence-electron chi connectivity index (χ4n) is 3.64. The third-order valence-electron chi connectivity index (χ3n) is 4.70. The Labute approximate surface area is 99.3 Å². The van der Waals surface area contributed by atoms with E-state index in [4.69, 9.17) is 0 Å². The summed E-state index contributed by atoms with van der Waals surface area (Å²) in [6.45, 7) is 8.86. The molecule has 0 aromatic rings. The Morgan fingerprint density at radius 1 is 1.44 bits per heavy atom. The largest absolute Gasteiger partial charge is 0.392 e. The third kappa shape index (κ3) is 2.10. The first-order chi connectivity index (χ1) is 7.63. The Hall–Kier alpha value is -0.560. The van der Waals surface area contributed by atoms with E-state index in [1.807, 2.05) is 0 Å². The summed E-state index contributed by atoms with van der Waals surface area (Å²) in [5, 5.41) is 9.29. The van der Waals surface area contributed by atoms with Crippen LogP contribution in [0, 0.1) is 23.7 Å². The van der Waals surface area contributed by atoms with Gasteiger partial charge in [0.2, 0.25) is 0 Å². The average molecular weight is 220 g/mol. The lowest BCUT2D eigenvalue weighted by Gasteiger charge is -2.44. The van der Waals surface area contributed by atoms with Crippen LogP contribution in [-0.4, -0.2) is 11.7 Å². The lowest BCUT2D eigenvalue weighted by atomic mass is 9.61. The molecular weight excluding hydrogens is 196 g/mol. The molecule has 16 heavy (non-hydrogen) atoms. The van der Waals surface area contributed by atoms with Gasteiger partial charge in [-0.3, -0.25) is 0 Å². The van der Waals surface area contributed by atoms with E-state index < -0.39 is 0 Å². The zero-order valence-electron chi connectivity index (χ0n) is 10.6. The van der Waals surface area contributed by atoms with Crippen LogP contribution in [0.4, 0.5) is 0 Å². The summed E-state index contributed by atoms with van der Waals surface area (Å²) < 4.78 is 0. The Morgan fingerprint density at radius 3 is 2.88 bits per heavy atom. The number of aliphatic hydroxyl groups is 1. The molecule has 0 aromatic heterocycles. The number of rotatable bonds is 2. The van der Waals surface area contributed by atoms with E-state index in [1.54, 1.807) is 0 Å². The van der Waals surface area contributed by atoms with Gasteiger partial charge in [0.25, 0.3) is 0 Å². The first-order valence-corrected chi connectivity index (χ1v) is 6.59. The highest BCUT2D eigenvalue weighted by Gasteiger charge is 2.38. The lowest BCUT2D eigenvalue weighted by Crippen LogP contribution is -2.35. The minimum Gasteiger partial charge on any atom is -0.392 e. The molecule has 0 spiro atoms. The van der Waals surface area contributed by atoms with Crippen LogP contribution >= 0.6 is 0 Å². The molecule has 1 unspecified atom stereocenters. The number of allylic oxidation sites excluding steroid dienone is 2. The van der Waals surface area contributed by atoms with Crippen molar-refractivity contribution >= 4 is 0 Å². The molecule has 0 heterocycles. The zero-order valence-corrected chi connectivity index (χ0v) is 10.6. The SMILES string of the molecule is C=C(CO)C1CC[C@@H](C)[C@@H]2CCC(C)=C[C@H]12. The predicted octanol–water partition coefficient (Wildman–Crippen LogP) is 3.55. The zero-order chi connectivity index (χ0) is 11.7. The molecule has 1 fully saturated rings. The van der Waals surface area contributed by atoms with Crippen LogP contribution in [0.3, 0.4) is 0 Å². The van der Waals surface area contributed by atoms with Crippen molar-refractivity contribution in [3.05, 3.63) is 23.8 Å². The monoisotopic (exact) mass is 220 g/mol. The van der Waals surface area contributed by atoms with E-state index >= 15 is 0 Å². The van der Waals surface area contributed by atoms with Crippen LogP contribution in [0.1, 0.15) is 39.5 Å². The molecule has 2 rings (SSSR count). The fraction of sp³-hybridized carbons (Fsp3) is 0.733. The second-order valence-corrected chi connectivity index (χ2v) is 5.77. The van der Waals surface area contributed by atoms with Crippen LogP contribution in [0.5, 0.6) is 0 Å². The molecule has 90 valence electrons. The maximum absolute atomic E-state index is 9.29. The van der Waals surface area contributed by atoms with Gasteiger partial charge >= 0.3 is 0 Å². The highest BCUT2D eigenvalue weighted by molar-refractivity contribution is 5.16. The van der Waals surface area contributed by atoms with Crippen molar-refractivity contribution in [3.63, 3.8) is 0 Å².